The Morgan fingerprint density at radius 2 is 1.21 bits per heavy atom. The summed E-state index contributed by atoms with van der Waals surface area (Å²) in [6.45, 7) is 9.46. The highest BCUT2D eigenvalue weighted by atomic mass is 32.2. The molecule has 0 aliphatic rings. The predicted molar refractivity (Wildman–Crippen MR) is 127 cm³/mol. The number of hydrogen-bond acceptors (Lipinski definition) is 10. The summed E-state index contributed by atoms with van der Waals surface area (Å²) in [4.78, 5) is 1.65. The van der Waals surface area contributed by atoms with Gasteiger partial charge in [0.05, 0.1) is 37.9 Å². The van der Waals surface area contributed by atoms with Crippen molar-refractivity contribution < 1.29 is 39.8 Å². The third kappa shape index (κ3) is 11.1. The lowest BCUT2D eigenvalue weighted by atomic mass is 10.2. The summed E-state index contributed by atoms with van der Waals surface area (Å²) in [5.74, 6) is 0. The van der Waals surface area contributed by atoms with Crippen molar-refractivity contribution in [3.05, 3.63) is 29.8 Å². The van der Waals surface area contributed by atoms with Crippen LogP contribution in [0.2, 0.25) is 0 Å². The Hall–Kier alpha value is -0.610. The first-order chi connectivity index (χ1) is 15.5. The van der Waals surface area contributed by atoms with Crippen LogP contribution in [0, 0.1) is 6.92 Å². The summed E-state index contributed by atoms with van der Waals surface area (Å²) < 4.78 is 77.4. The Balaban J connectivity index is 2.89. The molecule has 0 atom stereocenters. The standard InChI is InChI=1S/C20H37NO9P2S/c1-6-26-31(22,27-7-2)17-21(18-32(23,28-8-3)29-9-4)15-10-16-30-33(24,25)20-13-11-19(5)12-14-20/h11-14H,6-10,15-18H2,1-5H3. The number of nitrogens with zero attached hydrogens (tertiary/aromatic N) is 1. The van der Waals surface area contributed by atoms with Crippen molar-refractivity contribution in [2.24, 2.45) is 0 Å². The Morgan fingerprint density at radius 1 is 0.788 bits per heavy atom. The third-order valence-corrected chi connectivity index (χ3v) is 9.64. The zero-order valence-corrected chi connectivity index (χ0v) is 22.7. The van der Waals surface area contributed by atoms with Crippen molar-refractivity contribution in [2.45, 2.75) is 45.9 Å². The first-order valence-electron chi connectivity index (χ1n) is 11.0. The smallest absolute Gasteiger partial charge is 0.308 e. The summed E-state index contributed by atoms with van der Waals surface area (Å²) in [6, 6.07) is 6.35. The van der Waals surface area contributed by atoms with E-state index >= 15 is 0 Å². The highest BCUT2D eigenvalue weighted by molar-refractivity contribution is 7.86. The lowest BCUT2D eigenvalue weighted by molar-refractivity contribution is 0.179. The van der Waals surface area contributed by atoms with Crippen LogP contribution < -0.4 is 0 Å². The van der Waals surface area contributed by atoms with Crippen LogP contribution >= 0.6 is 15.2 Å². The first-order valence-corrected chi connectivity index (χ1v) is 15.8. The first kappa shape index (κ1) is 30.4. The maximum atomic E-state index is 13.0. The average molecular weight is 530 g/mol. The molecule has 1 rings (SSSR count). The molecule has 1 aromatic carbocycles. The zero-order chi connectivity index (χ0) is 25.0. The maximum Gasteiger partial charge on any atom is 0.344 e. The van der Waals surface area contributed by atoms with E-state index in [1.54, 1.807) is 44.7 Å². The van der Waals surface area contributed by atoms with Gasteiger partial charge in [-0.25, -0.2) is 0 Å². The molecule has 0 fully saturated rings. The van der Waals surface area contributed by atoms with E-state index in [9.17, 15) is 17.5 Å². The molecule has 0 N–H and O–H groups in total. The summed E-state index contributed by atoms with van der Waals surface area (Å²) in [6.07, 6.45) is -0.0470. The molecule has 0 radical (unpaired) electrons. The van der Waals surface area contributed by atoms with Gasteiger partial charge in [-0.3, -0.25) is 18.2 Å². The van der Waals surface area contributed by atoms with Crippen molar-refractivity contribution in [3.8, 4) is 0 Å². The second-order valence-electron chi connectivity index (χ2n) is 7.01. The molecule has 0 unspecified atom stereocenters. The summed E-state index contributed by atoms with van der Waals surface area (Å²) in [5.41, 5.74) is 0.936. The van der Waals surface area contributed by atoms with Gasteiger partial charge in [-0.15, -0.1) is 0 Å². The molecule has 13 heteroatoms. The van der Waals surface area contributed by atoms with Crippen LogP contribution in [-0.4, -0.2) is 65.5 Å². The largest absolute Gasteiger partial charge is 0.344 e. The zero-order valence-electron chi connectivity index (χ0n) is 20.1. The van der Waals surface area contributed by atoms with E-state index in [2.05, 4.69) is 0 Å². The molecular weight excluding hydrogens is 492 g/mol. The van der Waals surface area contributed by atoms with Crippen LogP contribution in [0.25, 0.3) is 0 Å². The van der Waals surface area contributed by atoms with Gasteiger partial charge in [0.1, 0.15) is 12.6 Å². The lowest BCUT2D eigenvalue weighted by Gasteiger charge is -2.29. The van der Waals surface area contributed by atoms with Crippen LogP contribution in [0.4, 0.5) is 0 Å². The van der Waals surface area contributed by atoms with E-state index in [4.69, 9.17) is 22.3 Å². The van der Waals surface area contributed by atoms with Gasteiger partial charge in [-0.05, 0) is 53.2 Å². The molecule has 192 valence electrons. The molecule has 10 nitrogen and oxygen atoms in total. The Morgan fingerprint density at radius 3 is 1.61 bits per heavy atom. The van der Waals surface area contributed by atoms with Gasteiger partial charge < -0.3 is 18.1 Å². The Labute approximate surface area is 198 Å². The van der Waals surface area contributed by atoms with Gasteiger partial charge in [-0.2, -0.15) is 8.42 Å². The van der Waals surface area contributed by atoms with Gasteiger partial charge in [0.25, 0.3) is 10.1 Å². The highest BCUT2D eigenvalue weighted by Crippen LogP contribution is 2.53. The molecule has 0 saturated heterocycles. The van der Waals surface area contributed by atoms with E-state index in [0.717, 1.165) is 5.56 Å². The number of hydrogen-bond donors (Lipinski definition) is 0. The molecule has 0 saturated carbocycles. The normalized spacial score (nSPS) is 13.0. The van der Waals surface area contributed by atoms with Gasteiger partial charge in [-0.1, -0.05) is 17.7 Å². The van der Waals surface area contributed by atoms with E-state index < -0.39 is 25.3 Å². The minimum absolute atomic E-state index is 0.0688. The SMILES string of the molecule is CCOP(=O)(CN(CCCOS(=O)(=O)c1ccc(C)cc1)CP(=O)(OCC)OCC)OCC. The molecule has 0 aliphatic heterocycles. The number of rotatable bonds is 18. The van der Waals surface area contributed by atoms with E-state index in [1.165, 1.54) is 12.1 Å². The molecule has 1 aromatic rings. The van der Waals surface area contributed by atoms with Crippen LogP contribution in [0.5, 0.6) is 0 Å². The maximum absolute atomic E-state index is 13.0. The monoisotopic (exact) mass is 529 g/mol. The second kappa shape index (κ2) is 14.7. The fourth-order valence-corrected chi connectivity index (χ4v) is 7.54. The minimum atomic E-state index is -3.91. The van der Waals surface area contributed by atoms with Crippen LogP contribution in [0.1, 0.15) is 39.7 Å². The van der Waals surface area contributed by atoms with Crippen LogP contribution in [0.15, 0.2) is 29.2 Å². The van der Waals surface area contributed by atoms with Crippen molar-refractivity contribution in [1.29, 1.82) is 0 Å². The predicted octanol–water partition coefficient (Wildman–Crippen LogP) is 4.84. The van der Waals surface area contributed by atoms with E-state index in [-0.39, 0.29) is 63.5 Å². The van der Waals surface area contributed by atoms with Crippen LogP contribution in [-0.2, 0) is 41.5 Å². The van der Waals surface area contributed by atoms with Crippen LogP contribution in [0.3, 0.4) is 0 Å². The van der Waals surface area contributed by atoms with Crippen molar-refractivity contribution in [2.75, 3.05) is 52.2 Å². The van der Waals surface area contributed by atoms with Crippen molar-refractivity contribution in [3.63, 3.8) is 0 Å². The van der Waals surface area contributed by atoms with Crippen molar-refractivity contribution in [1.82, 2.24) is 4.90 Å². The summed E-state index contributed by atoms with van der Waals surface area (Å²) >= 11 is 0. The lowest BCUT2D eigenvalue weighted by Crippen LogP contribution is -2.30. The molecule has 0 heterocycles. The second-order valence-corrected chi connectivity index (χ2v) is 12.7. The molecule has 0 amide bonds. The van der Waals surface area contributed by atoms with Gasteiger partial charge in [0.2, 0.25) is 0 Å². The fraction of sp³-hybridized carbons (Fsp3) is 0.700. The minimum Gasteiger partial charge on any atom is -0.308 e. The van der Waals surface area contributed by atoms with Gasteiger partial charge >= 0.3 is 15.2 Å². The summed E-state index contributed by atoms with van der Waals surface area (Å²) in [5, 5.41) is 0. The molecular formula is C20H37NO9P2S. The van der Waals surface area contributed by atoms with E-state index in [1.807, 2.05) is 6.92 Å². The van der Waals surface area contributed by atoms with Gasteiger partial charge in [0, 0.05) is 6.54 Å². The summed E-state index contributed by atoms with van der Waals surface area (Å²) in [7, 11) is -10.9. The third-order valence-electron chi connectivity index (χ3n) is 4.22. The molecule has 0 spiro atoms. The highest BCUT2D eigenvalue weighted by Gasteiger charge is 2.33. The van der Waals surface area contributed by atoms with Crippen molar-refractivity contribution >= 4 is 25.3 Å². The number of benzene rings is 1. The average Bonchev–Trinajstić information content (AvgIpc) is 2.72. The van der Waals surface area contributed by atoms with Gasteiger partial charge in [0.15, 0.2) is 0 Å². The number of aryl methyl sites for hydroxylation is 1. The molecule has 0 aliphatic carbocycles. The van der Waals surface area contributed by atoms with E-state index in [0.29, 0.717) is 0 Å². The molecule has 0 aromatic heterocycles. The Kier molecular flexibility index (Phi) is 13.6. The molecule has 0 bridgehead atoms. The fourth-order valence-electron chi connectivity index (χ4n) is 2.93. The topological polar surface area (TPSA) is 118 Å². The molecule has 33 heavy (non-hydrogen) atoms. The Bertz CT molecular complexity index is 841. The quantitative estimate of drug-likeness (QED) is 0.148.